The van der Waals surface area contributed by atoms with Gasteiger partial charge in [-0.2, -0.15) is 0 Å². The number of hydrogen-bond donors (Lipinski definition) is 2. The largest absolute Gasteiger partial charge is 0.497 e. The lowest BCUT2D eigenvalue weighted by molar-refractivity contribution is -0.136. The Balaban J connectivity index is 0.00000225. The molecule has 0 aliphatic carbocycles. The average molecular weight is 462 g/mol. The van der Waals surface area contributed by atoms with Crippen molar-refractivity contribution in [2.24, 2.45) is 5.41 Å². The Morgan fingerprint density at radius 3 is 2.30 bits per heavy atom. The van der Waals surface area contributed by atoms with Gasteiger partial charge in [0.05, 0.1) is 25.2 Å². The number of halogens is 2. The molecule has 2 heterocycles. The summed E-state index contributed by atoms with van der Waals surface area (Å²) in [6.07, 6.45) is 5.38. The second-order valence-electron chi connectivity index (χ2n) is 8.06. The van der Waals surface area contributed by atoms with Gasteiger partial charge in [-0.05, 0) is 69.6 Å². The summed E-state index contributed by atoms with van der Waals surface area (Å²) in [7, 11) is 3.37. The van der Waals surface area contributed by atoms with Crippen molar-refractivity contribution in [3.63, 3.8) is 0 Å². The minimum atomic E-state index is -0.410. The van der Waals surface area contributed by atoms with Gasteiger partial charge in [0.2, 0.25) is 5.91 Å². The van der Waals surface area contributed by atoms with Gasteiger partial charge in [-0.25, -0.2) is 0 Å². The van der Waals surface area contributed by atoms with Crippen molar-refractivity contribution in [3.8, 4) is 5.75 Å². The van der Waals surface area contributed by atoms with E-state index in [9.17, 15) is 4.79 Å². The standard InChI is InChI=1S/C22H35N3O3.2ClH/c1-27-17-22(10-12-23-13-11-22)21(26)24-16-20(25-14-4-3-5-15-25)18-6-8-19(28-2)9-7-18;;/h6-9,20,23H,3-5,10-17H2,1-2H3,(H,24,26);2*1H. The van der Waals surface area contributed by atoms with E-state index in [1.54, 1.807) is 14.2 Å². The van der Waals surface area contributed by atoms with E-state index >= 15 is 0 Å². The highest BCUT2D eigenvalue weighted by Crippen LogP contribution is 2.31. The first kappa shape index (κ1) is 27.0. The van der Waals surface area contributed by atoms with Crippen molar-refractivity contribution in [3.05, 3.63) is 29.8 Å². The number of amides is 1. The molecule has 2 saturated heterocycles. The van der Waals surface area contributed by atoms with Gasteiger partial charge in [-0.15, -0.1) is 24.8 Å². The van der Waals surface area contributed by atoms with Crippen LogP contribution in [0, 0.1) is 5.41 Å². The van der Waals surface area contributed by atoms with Crippen LogP contribution in [0.1, 0.15) is 43.7 Å². The zero-order valence-corrected chi connectivity index (χ0v) is 19.8. The maximum absolute atomic E-state index is 13.2. The monoisotopic (exact) mass is 461 g/mol. The molecule has 30 heavy (non-hydrogen) atoms. The molecule has 1 aromatic rings. The molecule has 1 aromatic carbocycles. The third-order valence-electron chi connectivity index (χ3n) is 6.25. The summed E-state index contributed by atoms with van der Waals surface area (Å²) >= 11 is 0. The van der Waals surface area contributed by atoms with E-state index in [0.717, 1.165) is 44.8 Å². The molecule has 0 bridgehead atoms. The summed E-state index contributed by atoms with van der Waals surface area (Å²) in [4.78, 5) is 15.7. The number of piperidine rings is 2. The average Bonchev–Trinajstić information content (AvgIpc) is 2.76. The second-order valence-corrected chi connectivity index (χ2v) is 8.06. The van der Waals surface area contributed by atoms with Gasteiger partial charge >= 0.3 is 0 Å². The molecule has 3 rings (SSSR count). The normalized spacial score (nSPS) is 19.7. The molecule has 8 heteroatoms. The molecule has 0 spiro atoms. The number of rotatable bonds is 8. The first-order valence-corrected chi connectivity index (χ1v) is 10.5. The van der Waals surface area contributed by atoms with Crippen molar-refractivity contribution in [1.29, 1.82) is 0 Å². The first-order chi connectivity index (χ1) is 13.7. The molecule has 0 radical (unpaired) electrons. The van der Waals surface area contributed by atoms with Gasteiger partial charge in [-0.3, -0.25) is 9.69 Å². The predicted molar refractivity (Wildman–Crippen MR) is 125 cm³/mol. The molecule has 2 aliphatic heterocycles. The van der Waals surface area contributed by atoms with Gasteiger partial charge in [0, 0.05) is 13.7 Å². The highest BCUT2D eigenvalue weighted by molar-refractivity contribution is 5.85. The molecule has 6 nitrogen and oxygen atoms in total. The van der Waals surface area contributed by atoms with Crippen molar-refractivity contribution < 1.29 is 14.3 Å². The number of ether oxygens (including phenoxy) is 2. The van der Waals surface area contributed by atoms with Crippen LogP contribution in [0.15, 0.2) is 24.3 Å². The van der Waals surface area contributed by atoms with Crippen molar-refractivity contribution in [1.82, 2.24) is 15.5 Å². The van der Waals surface area contributed by atoms with Crippen LogP contribution in [0.25, 0.3) is 0 Å². The van der Waals surface area contributed by atoms with Crippen LogP contribution in [0.4, 0.5) is 0 Å². The van der Waals surface area contributed by atoms with E-state index in [-0.39, 0.29) is 36.8 Å². The minimum absolute atomic E-state index is 0. The van der Waals surface area contributed by atoms with Crippen LogP contribution in [-0.4, -0.2) is 64.4 Å². The zero-order chi connectivity index (χ0) is 19.8. The topological polar surface area (TPSA) is 62.8 Å². The van der Waals surface area contributed by atoms with Crippen LogP contribution in [-0.2, 0) is 9.53 Å². The van der Waals surface area contributed by atoms with Crippen molar-refractivity contribution in [2.75, 3.05) is 53.6 Å². The summed E-state index contributed by atoms with van der Waals surface area (Å²) in [5.41, 5.74) is 0.820. The van der Waals surface area contributed by atoms with Gasteiger partial charge < -0.3 is 20.1 Å². The predicted octanol–water partition coefficient (Wildman–Crippen LogP) is 3.20. The Morgan fingerprint density at radius 1 is 1.10 bits per heavy atom. The van der Waals surface area contributed by atoms with Gasteiger partial charge in [0.25, 0.3) is 0 Å². The van der Waals surface area contributed by atoms with E-state index < -0.39 is 5.41 Å². The van der Waals surface area contributed by atoms with Gasteiger partial charge in [0.1, 0.15) is 5.75 Å². The summed E-state index contributed by atoms with van der Waals surface area (Å²) in [6, 6.07) is 8.46. The summed E-state index contributed by atoms with van der Waals surface area (Å²) in [5.74, 6) is 0.991. The van der Waals surface area contributed by atoms with E-state index in [1.165, 1.54) is 24.8 Å². The highest BCUT2D eigenvalue weighted by atomic mass is 35.5. The van der Waals surface area contributed by atoms with E-state index in [2.05, 4.69) is 27.7 Å². The van der Waals surface area contributed by atoms with Crippen molar-refractivity contribution in [2.45, 2.75) is 38.1 Å². The number of carbonyl (C=O) groups is 1. The van der Waals surface area contributed by atoms with Crippen LogP contribution in [0.5, 0.6) is 5.75 Å². The van der Waals surface area contributed by atoms with Gasteiger partial charge in [0.15, 0.2) is 0 Å². The number of hydrogen-bond acceptors (Lipinski definition) is 5. The third-order valence-corrected chi connectivity index (χ3v) is 6.25. The Labute approximate surface area is 193 Å². The van der Waals surface area contributed by atoms with Crippen LogP contribution in [0.3, 0.4) is 0 Å². The zero-order valence-electron chi connectivity index (χ0n) is 18.2. The lowest BCUT2D eigenvalue weighted by Gasteiger charge is -2.38. The molecule has 0 saturated carbocycles. The first-order valence-electron chi connectivity index (χ1n) is 10.5. The second kappa shape index (κ2) is 13.4. The number of methoxy groups -OCH3 is 2. The number of nitrogens with one attached hydrogen (secondary N) is 2. The van der Waals surface area contributed by atoms with Crippen LogP contribution < -0.4 is 15.4 Å². The number of carbonyl (C=O) groups excluding carboxylic acids is 1. The summed E-state index contributed by atoms with van der Waals surface area (Å²) in [6.45, 7) is 5.01. The summed E-state index contributed by atoms with van der Waals surface area (Å²) < 4.78 is 10.7. The molecule has 2 fully saturated rings. The molecular weight excluding hydrogens is 425 g/mol. The Bertz CT molecular complexity index is 613. The third kappa shape index (κ3) is 6.72. The Hall–Kier alpha value is -1.05. The lowest BCUT2D eigenvalue weighted by Crippen LogP contribution is -2.51. The Morgan fingerprint density at radius 2 is 1.73 bits per heavy atom. The SMILES string of the molecule is COCC1(C(=O)NCC(c2ccc(OC)cc2)N2CCCCC2)CCNCC1.Cl.Cl. The smallest absolute Gasteiger partial charge is 0.228 e. The lowest BCUT2D eigenvalue weighted by atomic mass is 9.78. The maximum atomic E-state index is 13.2. The van der Waals surface area contributed by atoms with Crippen molar-refractivity contribution >= 4 is 30.7 Å². The molecule has 1 amide bonds. The fraction of sp³-hybridized carbons (Fsp3) is 0.682. The van der Waals surface area contributed by atoms with E-state index in [0.29, 0.717) is 13.2 Å². The molecule has 172 valence electrons. The van der Waals surface area contributed by atoms with E-state index in [1.807, 2.05) is 12.1 Å². The van der Waals surface area contributed by atoms with E-state index in [4.69, 9.17) is 9.47 Å². The molecule has 2 aliphatic rings. The van der Waals surface area contributed by atoms with Gasteiger partial charge in [-0.1, -0.05) is 18.6 Å². The number of benzene rings is 1. The molecule has 1 atom stereocenters. The number of likely N-dealkylation sites (tertiary alicyclic amines) is 1. The minimum Gasteiger partial charge on any atom is -0.497 e. The van der Waals surface area contributed by atoms with Crippen LogP contribution in [0.2, 0.25) is 0 Å². The molecular formula is C22H37Cl2N3O3. The Kier molecular flexibility index (Phi) is 12.0. The van der Waals surface area contributed by atoms with Crippen LogP contribution >= 0.6 is 24.8 Å². The fourth-order valence-electron chi connectivity index (χ4n) is 4.51. The fourth-order valence-corrected chi connectivity index (χ4v) is 4.51. The quantitative estimate of drug-likeness (QED) is 0.622. The number of nitrogens with zero attached hydrogens (tertiary/aromatic N) is 1. The highest BCUT2D eigenvalue weighted by Gasteiger charge is 2.40. The summed E-state index contributed by atoms with van der Waals surface area (Å²) in [5, 5.41) is 6.63. The molecule has 0 aromatic heterocycles. The molecule has 1 unspecified atom stereocenters. The molecule has 2 N–H and O–H groups in total. The maximum Gasteiger partial charge on any atom is 0.228 e.